The maximum atomic E-state index is 11.6. The van der Waals surface area contributed by atoms with Gasteiger partial charge in [-0.1, -0.05) is 119 Å². The second-order valence-electron chi connectivity index (χ2n) is 29.6. The van der Waals surface area contributed by atoms with Gasteiger partial charge in [0.1, 0.15) is 23.3 Å². The number of nitrogens with one attached hydrogen (secondary N) is 4. The van der Waals surface area contributed by atoms with Gasteiger partial charge < -0.3 is 40.9 Å². The van der Waals surface area contributed by atoms with E-state index in [-0.39, 0.29) is 23.6 Å². The molecule has 4 fully saturated rings. The van der Waals surface area contributed by atoms with Gasteiger partial charge in [0.15, 0.2) is 0 Å². The van der Waals surface area contributed by atoms with Crippen molar-refractivity contribution in [2.24, 2.45) is 0 Å². The highest BCUT2D eigenvalue weighted by Gasteiger charge is 2.29. The van der Waals surface area contributed by atoms with Crippen molar-refractivity contribution in [3.8, 4) is 0 Å². The fourth-order valence-corrected chi connectivity index (χ4v) is 20.4. The number of piperazine rings is 4. The Kier molecular flexibility index (Phi) is 23.2. The summed E-state index contributed by atoms with van der Waals surface area (Å²) in [6.07, 6.45) is 5.44. The van der Waals surface area contributed by atoms with Gasteiger partial charge in [0.05, 0.1) is 44.5 Å². The number of nitrogens with zero attached hydrogens (tertiary/aromatic N) is 12. The first kappa shape index (κ1) is 76.1. The minimum absolute atomic E-state index is 0.0499. The molecule has 4 saturated heterocycles. The number of anilines is 8. The second kappa shape index (κ2) is 34.2. The van der Waals surface area contributed by atoms with Crippen LogP contribution in [0.1, 0.15) is 44.5 Å². The first-order valence-corrected chi connectivity index (χ1v) is 43.0. The van der Waals surface area contributed by atoms with E-state index in [1.54, 1.807) is 46.1 Å². The Morgan fingerprint density at radius 3 is 0.705 bits per heavy atom. The highest BCUT2D eigenvalue weighted by Crippen LogP contribution is 2.38. The van der Waals surface area contributed by atoms with E-state index in [1.165, 1.54) is 40.3 Å². The summed E-state index contributed by atoms with van der Waals surface area (Å²) in [4.78, 5) is 65.8. The smallest absolute Gasteiger partial charge is 0.228 e. The number of aromatic nitrogens is 4. The summed E-state index contributed by atoms with van der Waals surface area (Å²) in [6.45, 7) is 20.0. The standard InChI is InChI=1S/4C21H21ClN4OS/c4*22-17-13-18-15(12-20(27)23-18)11-14(17)5-6-25-7-9-26(10-8-25)21-16-3-1-2-4-19(16)28-24-21/h4*1-4,11,13H,5-10,12H2,(H,23,27). The lowest BCUT2D eigenvalue weighted by molar-refractivity contribution is -0.115. The quantitative estimate of drug-likeness (QED) is 0.0713. The van der Waals surface area contributed by atoms with Crippen LogP contribution in [0.3, 0.4) is 0 Å². The van der Waals surface area contributed by atoms with E-state index in [4.69, 9.17) is 46.4 Å². The second-order valence-corrected chi connectivity index (χ2v) is 34.5. The van der Waals surface area contributed by atoms with E-state index >= 15 is 0 Å². The molecule has 0 atom stereocenters. The van der Waals surface area contributed by atoms with Gasteiger partial charge in [-0.15, -0.1) is 0 Å². The van der Waals surface area contributed by atoms with E-state index in [0.29, 0.717) is 25.7 Å². The Morgan fingerprint density at radius 1 is 0.286 bits per heavy atom. The molecule has 0 aliphatic carbocycles. The molecule has 0 unspecified atom stereocenters. The van der Waals surface area contributed by atoms with Crippen molar-refractivity contribution in [2.45, 2.75) is 51.4 Å². The normalized spacial score (nSPS) is 17.2. The third-order valence-corrected chi connectivity index (χ3v) is 27.2. The van der Waals surface area contributed by atoms with E-state index in [1.807, 2.05) is 24.3 Å². The highest BCUT2D eigenvalue weighted by molar-refractivity contribution is 7.14. The number of hydrogen-bond acceptors (Lipinski definition) is 20. The van der Waals surface area contributed by atoms with Crippen molar-refractivity contribution < 1.29 is 19.2 Å². The number of amides is 4. The van der Waals surface area contributed by atoms with Crippen molar-refractivity contribution in [2.75, 3.05) is 172 Å². The molecule has 112 heavy (non-hydrogen) atoms. The monoisotopic (exact) mass is 1650 g/mol. The van der Waals surface area contributed by atoms with Gasteiger partial charge in [-0.25, -0.2) is 0 Å². The van der Waals surface area contributed by atoms with E-state index in [9.17, 15) is 19.2 Å². The predicted molar refractivity (Wildman–Crippen MR) is 463 cm³/mol. The lowest BCUT2D eigenvalue weighted by Crippen LogP contribution is -2.47. The van der Waals surface area contributed by atoms with Crippen molar-refractivity contribution in [3.05, 3.63) is 210 Å². The summed E-state index contributed by atoms with van der Waals surface area (Å²) in [7, 11) is 0. The third-order valence-electron chi connectivity index (χ3n) is 22.5. The zero-order chi connectivity index (χ0) is 76.3. The fourth-order valence-electron chi connectivity index (χ4n) is 16.2. The van der Waals surface area contributed by atoms with Crippen molar-refractivity contribution >= 4 is 203 Å². The Labute approximate surface area is 686 Å². The number of hydrogen-bond donors (Lipinski definition) is 4. The molecule has 0 radical (unpaired) electrons. The first-order valence-electron chi connectivity index (χ1n) is 38.4. The minimum Gasteiger partial charge on any atom is -0.353 e. The van der Waals surface area contributed by atoms with Crippen LogP contribution in [0.2, 0.25) is 20.1 Å². The molecular formula is C84H84Cl4N16O4S4. The van der Waals surface area contributed by atoms with Gasteiger partial charge >= 0.3 is 0 Å². The van der Waals surface area contributed by atoms with Crippen LogP contribution in [0.15, 0.2) is 146 Å². The van der Waals surface area contributed by atoms with Crippen molar-refractivity contribution in [1.29, 1.82) is 0 Å². The molecular weight excluding hydrogens is 1570 g/mol. The molecule has 0 saturated carbocycles. The molecule has 12 aromatic rings. The van der Waals surface area contributed by atoms with E-state index < -0.39 is 0 Å². The Morgan fingerprint density at radius 2 is 0.491 bits per heavy atom. The van der Waals surface area contributed by atoms with Gasteiger partial charge in [-0.3, -0.25) is 38.8 Å². The fraction of sp³-hybridized carbons (Fsp3) is 0.333. The largest absolute Gasteiger partial charge is 0.353 e. The van der Waals surface area contributed by atoms with E-state index in [2.05, 4.69) is 199 Å². The Balaban J connectivity index is 0.000000108. The molecule has 20 nitrogen and oxygen atoms in total. The highest BCUT2D eigenvalue weighted by atomic mass is 35.5. The van der Waals surface area contributed by atoms with Gasteiger partial charge in [0, 0.05) is 195 Å². The zero-order valence-corrected chi connectivity index (χ0v) is 68.1. The predicted octanol–water partition coefficient (Wildman–Crippen LogP) is 15.2. The average Bonchev–Trinajstić information content (AvgIpc) is 2.18. The molecule has 4 amide bonds. The number of halogens is 4. The Bertz CT molecular complexity index is 4840. The molecule has 28 heteroatoms. The molecule has 8 aliphatic heterocycles. The summed E-state index contributed by atoms with van der Waals surface area (Å²) in [5, 5.41) is 19.4. The van der Waals surface area contributed by atoms with Crippen LogP contribution in [0, 0.1) is 0 Å². The number of fused-ring (bicyclic) bond motifs is 8. The number of carbonyl (C=O) groups is 4. The zero-order valence-electron chi connectivity index (χ0n) is 61.8. The summed E-state index contributed by atoms with van der Waals surface area (Å²) < 4.78 is 23.7. The van der Waals surface area contributed by atoms with E-state index in [0.717, 1.165) is 267 Å². The molecule has 576 valence electrons. The molecule has 8 aromatic carbocycles. The van der Waals surface area contributed by atoms with Gasteiger partial charge in [-0.05, 0) is 189 Å². The molecule has 4 N–H and O–H groups in total. The van der Waals surface area contributed by atoms with Crippen molar-refractivity contribution in [3.63, 3.8) is 0 Å². The average molecular weight is 1650 g/mol. The summed E-state index contributed by atoms with van der Waals surface area (Å²) >= 11 is 32.1. The molecule has 12 heterocycles. The van der Waals surface area contributed by atoms with Crippen LogP contribution in [-0.4, -0.2) is 192 Å². The summed E-state index contributed by atoms with van der Waals surface area (Å²) in [6, 6.07) is 49.7. The van der Waals surface area contributed by atoms with Gasteiger partial charge in [0.2, 0.25) is 23.6 Å². The maximum Gasteiger partial charge on any atom is 0.228 e. The molecule has 20 rings (SSSR count). The van der Waals surface area contributed by atoms with Crippen LogP contribution >= 0.6 is 92.5 Å². The molecule has 0 spiro atoms. The number of benzene rings is 8. The van der Waals surface area contributed by atoms with Crippen LogP contribution < -0.4 is 40.9 Å². The number of carbonyl (C=O) groups excluding carboxylic acids is 4. The topological polar surface area (TPSA) is 194 Å². The Hall–Kier alpha value is -8.60. The van der Waals surface area contributed by atoms with Gasteiger partial charge in [0.25, 0.3) is 0 Å². The first-order chi connectivity index (χ1) is 54.7. The number of rotatable bonds is 16. The van der Waals surface area contributed by atoms with Crippen LogP contribution in [-0.2, 0) is 70.5 Å². The molecule has 0 bridgehead atoms. The van der Waals surface area contributed by atoms with Gasteiger partial charge in [-0.2, -0.15) is 17.5 Å². The molecule has 8 aliphatic rings. The maximum absolute atomic E-state index is 11.6. The van der Waals surface area contributed by atoms with Crippen molar-refractivity contribution in [1.82, 2.24) is 37.1 Å². The van der Waals surface area contributed by atoms with Crippen LogP contribution in [0.5, 0.6) is 0 Å². The summed E-state index contributed by atoms with van der Waals surface area (Å²) in [5.74, 6) is 4.70. The molecule has 4 aromatic heterocycles. The third kappa shape index (κ3) is 17.3. The lowest BCUT2D eigenvalue weighted by Gasteiger charge is -2.35. The minimum atomic E-state index is 0.0499. The van der Waals surface area contributed by atoms with Crippen LogP contribution in [0.4, 0.5) is 46.0 Å². The SMILES string of the molecule is O=C1Cc2cc(CCN3CCN(c4nsc5ccccc45)CC3)c(Cl)cc2N1.O=C1Cc2cc(CCN3CCN(c4nsc5ccccc45)CC3)c(Cl)cc2N1.O=C1Cc2cc(CCN3CCN(c4nsc5ccccc45)CC3)c(Cl)cc2N1.O=C1Cc2cc(CCN3CCN(c4nsc5ccccc45)CC3)c(Cl)cc2N1. The lowest BCUT2D eigenvalue weighted by atomic mass is 10.1. The summed E-state index contributed by atoms with van der Waals surface area (Å²) in [5.41, 5.74) is 12.2. The van der Waals surface area contributed by atoms with Crippen LogP contribution in [0.25, 0.3) is 40.3 Å².